The summed E-state index contributed by atoms with van der Waals surface area (Å²) in [6, 6.07) is 4.17. The summed E-state index contributed by atoms with van der Waals surface area (Å²) in [5.41, 5.74) is 0.342. The van der Waals surface area contributed by atoms with E-state index in [2.05, 4.69) is 15.5 Å². The largest absolute Gasteiger partial charge is 0.478 e. The van der Waals surface area contributed by atoms with Crippen molar-refractivity contribution >= 4 is 52.3 Å². The van der Waals surface area contributed by atoms with Crippen LogP contribution in [0, 0.1) is 6.92 Å². The lowest BCUT2D eigenvalue weighted by Gasteiger charge is -2.14. The van der Waals surface area contributed by atoms with Gasteiger partial charge < -0.3 is 10.4 Å². The molecule has 0 saturated carbocycles. The molecule has 122 valence electrons. The number of aryl methyl sites for hydroxylation is 1. The lowest BCUT2D eigenvalue weighted by atomic mass is 10.2. The van der Waals surface area contributed by atoms with Crippen LogP contribution in [0.5, 0.6) is 0 Å². The highest BCUT2D eigenvalue weighted by atomic mass is 35.5. The van der Waals surface area contributed by atoms with Gasteiger partial charge in [0.15, 0.2) is 4.34 Å². The first-order valence-corrected chi connectivity index (χ1v) is 8.78. The maximum Gasteiger partial charge on any atom is 0.335 e. The molecule has 9 heteroatoms. The Morgan fingerprint density at radius 3 is 2.74 bits per heavy atom. The first-order valence-electron chi connectivity index (χ1n) is 6.71. The standard InChI is InChI=1S/C14H14ClN3O3S2/c1-3-11(23-14-18-17-7(2)22-14)12(19)16-10-6-8(13(20)21)4-5-9(10)15/h4-6,11H,3H2,1-2H3,(H,16,19)(H,20,21). The number of amides is 1. The molecule has 2 rings (SSSR count). The van der Waals surface area contributed by atoms with Crippen molar-refractivity contribution in [3.63, 3.8) is 0 Å². The zero-order valence-electron chi connectivity index (χ0n) is 12.4. The predicted octanol–water partition coefficient (Wildman–Crippen LogP) is 3.71. The number of aromatic nitrogens is 2. The van der Waals surface area contributed by atoms with Crippen molar-refractivity contribution in [2.75, 3.05) is 5.32 Å². The van der Waals surface area contributed by atoms with Gasteiger partial charge in [0, 0.05) is 0 Å². The maximum absolute atomic E-state index is 12.4. The fraction of sp³-hybridized carbons (Fsp3) is 0.286. The van der Waals surface area contributed by atoms with Gasteiger partial charge in [0.1, 0.15) is 5.01 Å². The average Bonchev–Trinajstić information content (AvgIpc) is 2.91. The minimum atomic E-state index is -1.08. The predicted molar refractivity (Wildman–Crippen MR) is 91.6 cm³/mol. The fourth-order valence-electron chi connectivity index (χ4n) is 1.74. The number of nitrogens with zero attached hydrogens (tertiary/aromatic N) is 2. The van der Waals surface area contributed by atoms with Gasteiger partial charge in [0.25, 0.3) is 0 Å². The van der Waals surface area contributed by atoms with E-state index in [9.17, 15) is 9.59 Å². The molecule has 1 aromatic carbocycles. The fourth-order valence-corrected chi connectivity index (χ4v) is 3.88. The summed E-state index contributed by atoms with van der Waals surface area (Å²) >= 11 is 8.77. The molecule has 1 unspecified atom stereocenters. The first kappa shape index (κ1) is 17.7. The van der Waals surface area contributed by atoms with Crippen molar-refractivity contribution in [1.82, 2.24) is 10.2 Å². The van der Waals surface area contributed by atoms with Crippen LogP contribution in [-0.4, -0.2) is 32.4 Å². The van der Waals surface area contributed by atoms with E-state index in [1.165, 1.54) is 41.3 Å². The molecule has 23 heavy (non-hydrogen) atoms. The lowest BCUT2D eigenvalue weighted by molar-refractivity contribution is -0.115. The zero-order chi connectivity index (χ0) is 17.0. The number of rotatable bonds is 6. The van der Waals surface area contributed by atoms with Crippen LogP contribution in [0.1, 0.15) is 28.7 Å². The molecule has 6 nitrogen and oxygen atoms in total. The van der Waals surface area contributed by atoms with E-state index in [0.29, 0.717) is 6.42 Å². The second kappa shape index (κ2) is 7.76. The third kappa shape index (κ3) is 4.66. The molecule has 0 radical (unpaired) electrons. The van der Waals surface area contributed by atoms with Crippen molar-refractivity contribution in [1.29, 1.82) is 0 Å². The number of benzene rings is 1. The average molecular weight is 372 g/mol. The van der Waals surface area contributed by atoms with Gasteiger partial charge in [0.2, 0.25) is 5.91 Å². The number of hydrogen-bond donors (Lipinski definition) is 2. The van der Waals surface area contributed by atoms with E-state index in [1.54, 1.807) is 0 Å². The van der Waals surface area contributed by atoms with E-state index in [-0.39, 0.29) is 27.4 Å². The minimum Gasteiger partial charge on any atom is -0.478 e. The highest BCUT2D eigenvalue weighted by Crippen LogP contribution is 2.30. The van der Waals surface area contributed by atoms with Crippen LogP contribution in [0.25, 0.3) is 0 Å². The van der Waals surface area contributed by atoms with E-state index < -0.39 is 5.97 Å². The Balaban J connectivity index is 2.13. The van der Waals surface area contributed by atoms with Gasteiger partial charge in [0.05, 0.1) is 21.5 Å². The molecular weight excluding hydrogens is 358 g/mol. The summed E-state index contributed by atoms with van der Waals surface area (Å²) in [4.78, 5) is 23.4. The van der Waals surface area contributed by atoms with Crippen LogP contribution >= 0.6 is 34.7 Å². The van der Waals surface area contributed by atoms with Crippen molar-refractivity contribution in [2.24, 2.45) is 0 Å². The summed E-state index contributed by atoms with van der Waals surface area (Å²) < 4.78 is 0.717. The third-order valence-corrected chi connectivity index (χ3v) is 5.50. The minimum absolute atomic E-state index is 0.0603. The monoisotopic (exact) mass is 371 g/mol. The Hall–Kier alpha value is -1.64. The molecular formula is C14H14ClN3O3S2. The third-order valence-electron chi connectivity index (χ3n) is 2.88. The van der Waals surface area contributed by atoms with Crippen molar-refractivity contribution in [3.8, 4) is 0 Å². The number of anilines is 1. The van der Waals surface area contributed by atoms with Gasteiger partial charge in [-0.1, -0.05) is 41.6 Å². The zero-order valence-corrected chi connectivity index (χ0v) is 14.8. The van der Waals surface area contributed by atoms with Gasteiger partial charge in [-0.25, -0.2) is 4.79 Å². The molecule has 1 aromatic heterocycles. The van der Waals surface area contributed by atoms with Crippen LogP contribution in [0.3, 0.4) is 0 Å². The van der Waals surface area contributed by atoms with Gasteiger partial charge in [-0.05, 0) is 31.5 Å². The quantitative estimate of drug-likeness (QED) is 0.752. The van der Waals surface area contributed by atoms with Crippen LogP contribution in [0.2, 0.25) is 5.02 Å². The number of hydrogen-bond acceptors (Lipinski definition) is 6. The summed E-state index contributed by atoms with van der Waals surface area (Å²) in [7, 11) is 0. The number of carboxylic acids is 1. The van der Waals surface area contributed by atoms with Crippen LogP contribution in [0.15, 0.2) is 22.5 Å². The molecule has 0 fully saturated rings. The molecule has 0 aliphatic carbocycles. The number of nitrogens with one attached hydrogen (secondary N) is 1. The van der Waals surface area contributed by atoms with Crippen molar-refractivity contribution in [2.45, 2.75) is 29.9 Å². The molecule has 0 aliphatic heterocycles. The normalized spacial score (nSPS) is 12.0. The van der Waals surface area contributed by atoms with E-state index in [0.717, 1.165) is 9.35 Å². The van der Waals surface area contributed by atoms with Crippen molar-refractivity contribution in [3.05, 3.63) is 33.8 Å². The topological polar surface area (TPSA) is 92.2 Å². The first-order chi connectivity index (χ1) is 10.9. The number of aromatic carboxylic acids is 1. The Kier molecular flexibility index (Phi) is 5.97. The molecule has 0 saturated heterocycles. The Bertz CT molecular complexity index is 736. The summed E-state index contributed by atoms with van der Waals surface area (Å²) in [5, 5.41) is 20.4. The summed E-state index contributed by atoms with van der Waals surface area (Å²) in [6.07, 6.45) is 0.589. The van der Waals surface area contributed by atoms with Gasteiger partial charge in [-0.3, -0.25) is 4.79 Å². The lowest BCUT2D eigenvalue weighted by Crippen LogP contribution is -2.24. The molecule has 0 aliphatic rings. The molecule has 1 atom stereocenters. The van der Waals surface area contributed by atoms with Crippen LogP contribution in [0.4, 0.5) is 5.69 Å². The Morgan fingerprint density at radius 1 is 1.43 bits per heavy atom. The molecule has 1 amide bonds. The molecule has 1 heterocycles. The van der Waals surface area contributed by atoms with E-state index >= 15 is 0 Å². The summed E-state index contributed by atoms with van der Waals surface area (Å²) in [5.74, 6) is -1.34. The van der Waals surface area contributed by atoms with E-state index in [1.807, 2.05) is 13.8 Å². The molecule has 0 spiro atoms. The van der Waals surface area contributed by atoms with Gasteiger partial charge in [-0.2, -0.15) is 0 Å². The highest BCUT2D eigenvalue weighted by molar-refractivity contribution is 8.02. The Morgan fingerprint density at radius 2 is 2.17 bits per heavy atom. The van der Waals surface area contributed by atoms with Crippen LogP contribution in [-0.2, 0) is 4.79 Å². The SMILES string of the molecule is CCC(Sc1nnc(C)s1)C(=O)Nc1cc(C(=O)O)ccc1Cl. The summed E-state index contributed by atoms with van der Waals surface area (Å²) in [6.45, 7) is 3.74. The van der Waals surface area contributed by atoms with Gasteiger partial charge in [-0.15, -0.1) is 10.2 Å². The number of carboxylic acid groups (broad SMARTS) is 1. The number of carbonyl (C=O) groups excluding carboxylic acids is 1. The Labute approximate surface area is 146 Å². The number of halogens is 1. The smallest absolute Gasteiger partial charge is 0.335 e. The highest BCUT2D eigenvalue weighted by Gasteiger charge is 2.21. The van der Waals surface area contributed by atoms with E-state index in [4.69, 9.17) is 16.7 Å². The maximum atomic E-state index is 12.4. The number of carbonyl (C=O) groups is 2. The second-order valence-electron chi connectivity index (χ2n) is 4.59. The van der Waals surface area contributed by atoms with Crippen LogP contribution < -0.4 is 5.32 Å². The molecule has 2 aromatic rings. The van der Waals surface area contributed by atoms with Gasteiger partial charge >= 0.3 is 5.97 Å². The second-order valence-corrected chi connectivity index (χ2v) is 7.63. The molecule has 0 bridgehead atoms. The number of thioether (sulfide) groups is 1. The molecule has 2 N–H and O–H groups in total. The van der Waals surface area contributed by atoms with Crippen molar-refractivity contribution < 1.29 is 14.7 Å².